The van der Waals surface area contributed by atoms with Gasteiger partial charge in [0.2, 0.25) is 0 Å². The molecule has 0 amide bonds. The van der Waals surface area contributed by atoms with Crippen molar-refractivity contribution in [1.82, 2.24) is 0 Å². The van der Waals surface area contributed by atoms with Gasteiger partial charge >= 0.3 is 17.9 Å². The highest BCUT2D eigenvalue weighted by Gasteiger charge is 2.19. The van der Waals surface area contributed by atoms with Crippen LogP contribution in [0.15, 0.2) is 60.8 Å². The molecule has 56 heavy (non-hydrogen) atoms. The molecule has 0 aliphatic heterocycles. The van der Waals surface area contributed by atoms with Gasteiger partial charge in [-0.3, -0.25) is 14.4 Å². The molecule has 1 atom stereocenters. The lowest BCUT2D eigenvalue weighted by molar-refractivity contribution is -0.166. The number of hydrogen-bond acceptors (Lipinski definition) is 6. The van der Waals surface area contributed by atoms with Crippen molar-refractivity contribution in [2.24, 2.45) is 0 Å². The highest BCUT2D eigenvalue weighted by Crippen LogP contribution is 2.15. The van der Waals surface area contributed by atoms with E-state index in [4.69, 9.17) is 14.2 Å². The van der Waals surface area contributed by atoms with Crippen molar-refractivity contribution in [1.29, 1.82) is 0 Å². The quantitative estimate of drug-likeness (QED) is 0.0202. The van der Waals surface area contributed by atoms with E-state index in [0.29, 0.717) is 12.8 Å². The van der Waals surface area contributed by atoms with Crippen LogP contribution in [0.3, 0.4) is 0 Å². The van der Waals surface area contributed by atoms with E-state index in [0.717, 1.165) is 64.2 Å². The second-order valence-corrected chi connectivity index (χ2v) is 15.3. The molecule has 0 fully saturated rings. The van der Waals surface area contributed by atoms with E-state index in [-0.39, 0.29) is 31.6 Å². The molecule has 0 spiro atoms. The van der Waals surface area contributed by atoms with Gasteiger partial charge < -0.3 is 14.2 Å². The molecule has 0 aromatic heterocycles. The fraction of sp³-hybridized carbons (Fsp3) is 0.740. The summed E-state index contributed by atoms with van der Waals surface area (Å²) in [5, 5.41) is 0. The summed E-state index contributed by atoms with van der Waals surface area (Å²) in [5.74, 6) is -1.05. The van der Waals surface area contributed by atoms with Crippen LogP contribution in [0, 0.1) is 0 Å². The third-order valence-electron chi connectivity index (χ3n) is 9.82. The third-order valence-corrected chi connectivity index (χ3v) is 9.82. The number of carbonyl (C=O) groups excluding carboxylic acids is 3. The largest absolute Gasteiger partial charge is 0.462 e. The van der Waals surface area contributed by atoms with E-state index in [1.807, 2.05) is 6.08 Å². The molecule has 0 N–H and O–H groups in total. The van der Waals surface area contributed by atoms with E-state index < -0.39 is 12.1 Å². The summed E-state index contributed by atoms with van der Waals surface area (Å²) in [6, 6.07) is 0. The Morgan fingerprint density at radius 1 is 0.411 bits per heavy atom. The fourth-order valence-corrected chi connectivity index (χ4v) is 6.32. The molecule has 0 aliphatic rings. The predicted molar refractivity (Wildman–Crippen MR) is 238 cm³/mol. The van der Waals surface area contributed by atoms with Crippen LogP contribution in [0.4, 0.5) is 0 Å². The van der Waals surface area contributed by atoms with Gasteiger partial charge in [0.1, 0.15) is 13.2 Å². The maximum atomic E-state index is 12.7. The van der Waals surface area contributed by atoms with Crippen LogP contribution in [0.2, 0.25) is 0 Å². The summed E-state index contributed by atoms with van der Waals surface area (Å²) in [7, 11) is 0. The zero-order chi connectivity index (χ0) is 40.8. The van der Waals surface area contributed by atoms with Crippen LogP contribution in [-0.4, -0.2) is 37.2 Å². The van der Waals surface area contributed by atoms with Crippen LogP contribution in [0.25, 0.3) is 0 Å². The summed E-state index contributed by atoms with van der Waals surface area (Å²) in [5.41, 5.74) is 0. The van der Waals surface area contributed by atoms with Crippen LogP contribution in [-0.2, 0) is 28.6 Å². The van der Waals surface area contributed by atoms with Crippen molar-refractivity contribution in [2.75, 3.05) is 13.2 Å². The first-order valence-corrected chi connectivity index (χ1v) is 23.3. The topological polar surface area (TPSA) is 78.9 Å². The molecule has 0 rings (SSSR count). The maximum Gasteiger partial charge on any atom is 0.309 e. The van der Waals surface area contributed by atoms with Gasteiger partial charge in [0, 0.05) is 12.8 Å². The summed E-state index contributed by atoms with van der Waals surface area (Å²) < 4.78 is 16.6. The number of ether oxygens (including phenoxy) is 3. The summed E-state index contributed by atoms with van der Waals surface area (Å²) >= 11 is 0. The highest BCUT2D eigenvalue weighted by molar-refractivity contribution is 5.72. The Balaban J connectivity index is 4.42. The van der Waals surface area contributed by atoms with E-state index in [1.165, 1.54) is 116 Å². The van der Waals surface area contributed by atoms with Crippen molar-refractivity contribution >= 4 is 17.9 Å². The van der Waals surface area contributed by atoms with Crippen LogP contribution in [0.5, 0.6) is 0 Å². The SMILES string of the molecule is CC/C=C\C/C=C\C/C=C\CC(=O)OCC(COC(=O)CCCCCCCC/C=C\C=C/CCCCC)OC(=O)CCCCCCCCCCCCCCCC. The van der Waals surface area contributed by atoms with Crippen molar-refractivity contribution in [3.05, 3.63) is 60.8 Å². The lowest BCUT2D eigenvalue weighted by Crippen LogP contribution is -2.30. The average Bonchev–Trinajstić information content (AvgIpc) is 3.19. The molecule has 1 unspecified atom stereocenters. The predicted octanol–water partition coefficient (Wildman–Crippen LogP) is 14.9. The Morgan fingerprint density at radius 3 is 1.32 bits per heavy atom. The van der Waals surface area contributed by atoms with E-state index in [9.17, 15) is 14.4 Å². The molecular formula is C50H86O6. The van der Waals surface area contributed by atoms with Gasteiger partial charge in [0.25, 0.3) is 0 Å². The van der Waals surface area contributed by atoms with Gasteiger partial charge in [-0.1, -0.05) is 204 Å². The molecule has 0 saturated heterocycles. The zero-order valence-corrected chi connectivity index (χ0v) is 36.6. The molecule has 0 aromatic rings. The minimum absolute atomic E-state index is 0.106. The first-order valence-electron chi connectivity index (χ1n) is 23.3. The Hall–Kier alpha value is -2.89. The lowest BCUT2D eigenvalue weighted by Gasteiger charge is -2.18. The van der Waals surface area contributed by atoms with Gasteiger partial charge in [-0.15, -0.1) is 0 Å². The molecule has 322 valence electrons. The smallest absolute Gasteiger partial charge is 0.309 e. The Bertz CT molecular complexity index is 1040. The monoisotopic (exact) mass is 783 g/mol. The van der Waals surface area contributed by atoms with Gasteiger partial charge in [0.05, 0.1) is 6.42 Å². The van der Waals surface area contributed by atoms with Gasteiger partial charge in [-0.2, -0.15) is 0 Å². The Kier molecular flexibility index (Phi) is 42.5. The van der Waals surface area contributed by atoms with Crippen molar-refractivity contribution in [3.63, 3.8) is 0 Å². The van der Waals surface area contributed by atoms with Crippen LogP contribution < -0.4 is 0 Å². The number of unbranched alkanes of at least 4 members (excludes halogenated alkanes) is 22. The zero-order valence-electron chi connectivity index (χ0n) is 36.6. The molecule has 0 aromatic carbocycles. The maximum absolute atomic E-state index is 12.7. The normalized spacial score (nSPS) is 12.6. The lowest BCUT2D eigenvalue weighted by atomic mass is 10.0. The van der Waals surface area contributed by atoms with Crippen molar-refractivity contribution in [2.45, 2.75) is 226 Å². The first-order chi connectivity index (χ1) is 27.5. The number of carbonyl (C=O) groups is 3. The van der Waals surface area contributed by atoms with Gasteiger partial charge in [0.15, 0.2) is 6.10 Å². The van der Waals surface area contributed by atoms with E-state index >= 15 is 0 Å². The Labute approximate surface area is 345 Å². The average molecular weight is 783 g/mol. The minimum Gasteiger partial charge on any atom is -0.462 e. The standard InChI is InChI=1S/C50H86O6/c1-4-7-10-13-16-19-21-23-25-27-28-31-34-37-40-43-49(52)55-46-47(45-54-48(51)42-39-36-33-30-18-15-12-9-6-3)56-50(53)44-41-38-35-32-29-26-24-22-20-17-14-11-8-5-2/h9,12,16,18-19,21,23,30,36,39,47H,4-8,10-11,13-15,17,20,22,24-29,31-35,37-38,40-46H2,1-3H3/b12-9-,19-16-,23-21-,30-18-,39-36-. The second-order valence-electron chi connectivity index (χ2n) is 15.3. The number of allylic oxidation sites excluding steroid dienone is 9. The summed E-state index contributed by atoms with van der Waals surface area (Å²) in [4.78, 5) is 37.6. The van der Waals surface area contributed by atoms with Crippen molar-refractivity contribution in [3.8, 4) is 0 Å². The summed E-state index contributed by atoms with van der Waals surface area (Å²) in [6.45, 7) is 6.38. The molecular weight excluding hydrogens is 697 g/mol. The van der Waals surface area contributed by atoms with E-state index in [1.54, 1.807) is 6.08 Å². The minimum atomic E-state index is -0.810. The molecule has 0 aliphatic carbocycles. The van der Waals surface area contributed by atoms with Crippen molar-refractivity contribution < 1.29 is 28.6 Å². The number of hydrogen-bond donors (Lipinski definition) is 0. The fourth-order valence-electron chi connectivity index (χ4n) is 6.32. The second kappa shape index (κ2) is 44.8. The first kappa shape index (κ1) is 53.1. The molecule has 0 saturated carbocycles. The molecule has 0 radical (unpaired) electrons. The molecule has 6 heteroatoms. The van der Waals surface area contributed by atoms with Gasteiger partial charge in [-0.25, -0.2) is 0 Å². The molecule has 0 bridgehead atoms. The summed E-state index contributed by atoms with van der Waals surface area (Å²) in [6.07, 6.45) is 53.8. The van der Waals surface area contributed by atoms with Gasteiger partial charge in [-0.05, 0) is 57.8 Å². The highest BCUT2D eigenvalue weighted by atomic mass is 16.6. The van der Waals surface area contributed by atoms with Crippen LogP contribution in [0.1, 0.15) is 220 Å². The molecule has 6 nitrogen and oxygen atoms in total. The Morgan fingerprint density at radius 2 is 0.804 bits per heavy atom. The van der Waals surface area contributed by atoms with Crippen LogP contribution >= 0.6 is 0 Å². The number of rotatable bonds is 41. The molecule has 0 heterocycles. The third kappa shape index (κ3) is 42.3. The van der Waals surface area contributed by atoms with E-state index in [2.05, 4.69) is 69.4 Å². The number of esters is 3.